The van der Waals surface area contributed by atoms with Crippen molar-refractivity contribution >= 4 is 43.4 Å². The fourth-order valence-electron chi connectivity index (χ4n) is 11.1. The topological polar surface area (TPSA) is 113 Å². The van der Waals surface area contributed by atoms with Gasteiger partial charge in [-0.15, -0.1) is 12.8 Å². The number of phenols is 2. The minimum Gasteiger partial charge on any atom is -0.508 e. The average Bonchev–Trinajstić information content (AvgIpc) is 3.67. The van der Waals surface area contributed by atoms with Gasteiger partial charge in [-0.1, -0.05) is 30.0 Å². The molecule has 12 rings (SSSR count). The monoisotopic (exact) mass is 829 g/mol. The van der Waals surface area contributed by atoms with Crippen molar-refractivity contribution in [1.29, 1.82) is 0 Å². The van der Waals surface area contributed by atoms with E-state index in [4.69, 9.17) is 23.0 Å². The lowest BCUT2D eigenvalue weighted by Gasteiger charge is -2.16. The van der Waals surface area contributed by atoms with Crippen molar-refractivity contribution in [1.82, 2.24) is 35.2 Å². The summed E-state index contributed by atoms with van der Waals surface area (Å²) in [7, 11) is 1.71. The molecule has 4 fully saturated rings. The molecule has 4 aliphatic rings. The lowest BCUT2D eigenvalue weighted by molar-refractivity contribution is 0.475. The quantitative estimate of drug-likeness (QED) is 0.100. The summed E-state index contributed by atoms with van der Waals surface area (Å²) in [5, 5.41) is 40.4. The number of terminal acetylenes is 2. The molecule has 5 heterocycles. The smallest absolute Gasteiger partial charge is 0.177 e. The number of nitrogens with zero attached hydrogens (tertiary/aromatic N) is 5. The Morgan fingerprint density at radius 3 is 2.08 bits per heavy atom. The SMILES string of the molecule is C#Cc1c(F)ccc2cc(O)cc(-c3ncc4c(C5[C@H]6CNC[C@@H]56)n(Cc5cc6cc(O)cc(-c7ccc8c(C9[C@H]%10CNC[C@@H]9%10)nn(C)c8c7F)c6c(C#C)c5F)nc4c3F)c12. The van der Waals surface area contributed by atoms with Crippen LogP contribution < -0.4 is 10.6 Å². The van der Waals surface area contributed by atoms with Gasteiger partial charge in [-0.05, 0) is 103 Å². The van der Waals surface area contributed by atoms with E-state index in [1.54, 1.807) is 28.5 Å². The van der Waals surface area contributed by atoms with Crippen molar-refractivity contribution in [3.8, 4) is 58.6 Å². The van der Waals surface area contributed by atoms with Crippen LogP contribution in [0.5, 0.6) is 11.5 Å². The van der Waals surface area contributed by atoms with E-state index >= 15 is 13.2 Å². The number of fused-ring (bicyclic) bond motifs is 6. The standard InChI is InChI=1S/C49H35F4N7O2/c1-4-26-37(50)9-6-21-11-24(61)14-31(38(21)26)46-44(53)47-36(19-56-46)48(41-34-17-55-18-35(34)41)60(58-47)20-23-10-22-12-25(62)13-30(39(22)27(5-2)42(23)51)28-7-8-29-45(40-32-15-54-16-33(32)40)57-59(3)49(29)43(28)52/h1-2,6-14,19,32-35,40-41,54-55,61-62H,15-18,20H2,3H3/t32-,33+,34-,35+,40?,41?. The number of aromatic nitrogens is 5. The van der Waals surface area contributed by atoms with Gasteiger partial charge in [0.2, 0.25) is 0 Å². The number of piperidine rings is 2. The summed E-state index contributed by atoms with van der Waals surface area (Å²) in [4.78, 5) is 4.54. The van der Waals surface area contributed by atoms with E-state index < -0.39 is 23.3 Å². The maximum Gasteiger partial charge on any atom is 0.177 e. The lowest BCUT2D eigenvalue weighted by Crippen LogP contribution is -2.16. The van der Waals surface area contributed by atoms with Crippen LogP contribution in [0.4, 0.5) is 17.6 Å². The van der Waals surface area contributed by atoms with Crippen LogP contribution in [0.15, 0.2) is 60.8 Å². The zero-order chi connectivity index (χ0) is 42.5. The molecular formula is C49H35F4N7O2. The molecule has 0 spiro atoms. The molecule has 8 aromatic rings. The Balaban J connectivity index is 1.000. The summed E-state index contributed by atoms with van der Waals surface area (Å²) >= 11 is 0. The van der Waals surface area contributed by atoms with Gasteiger partial charge >= 0.3 is 0 Å². The Hall–Kier alpha value is -6.93. The molecule has 306 valence electrons. The predicted octanol–water partition coefficient (Wildman–Crippen LogP) is 7.80. The average molecular weight is 830 g/mol. The van der Waals surface area contributed by atoms with Crippen LogP contribution in [0.3, 0.4) is 0 Å². The van der Waals surface area contributed by atoms with Crippen molar-refractivity contribution in [3.05, 3.63) is 112 Å². The highest BCUT2D eigenvalue weighted by Gasteiger charge is 2.56. The first-order valence-electron chi connectivity index (χ1n) is 20.5. The number of phenolic OH excluding ortho intramolecular Hbond substituents is 2. The fraction of sp³-hybridized carbons (Fsp3) is 0.245. The number of halogens is 4. The van der Waals surface area contributed by atoms with Gasteiger partial charge in [-0.3, -0.25) is 14.3 Å². The maximum absolute atomic E-state index is 17.1. The van der Waals surface area contributed by atoms with Gasteiger partial charge in [-0.2, -0.15) is 10.2 Å². The van der Waals surface area contributed by atoms with Crippen molar-refractivity contribution in [2.75, 3.05) is 26.2 Å². The molecule has 2 aliphatic heterocycles. The van der Waals surface area contributed by atoms with Crippen LogP contribution in [-0.4, -0.2) is 60.9 Å². The highest BCUT2D eigenvalue weighted by molar-refractivity contribution is 6.05. The zero-order valence-corrected chi connectivity index (χ0v) is 33.1. The number of hydrogen-bond donors (Lipinski definition) is 4. The van der Waals surface area contributed by atoms with E-state index in [9.17, 15) is 14.6 Å². The Labute approximate surface area is 351 Å². The van der Waals surface area contributed by atoms with Gasteiger partial charge in [0, 0.05) is 63.3 Å². The van der Waals surface area contributed by atoms with Gasteiger partial charge < -0.3 is 20.8 Å². The largest absolute Gasteiger partial charge is 0.508 e. The summed E-state index contributed by atoms with van der Waals surface area (Å²) < 4.78 is 69.0. The molecule has 2 saturated carbocycles. The van der Waals surface area contributed by atoms with E-state index in [2.05, 4.69) is 27.5 Å². The first kappa shape index (κ1) is 36.9. The molecule has 6 atom stereocenters. The molecule has 2 unspecified atom stereocenters. The van der Waals surface area contributed by atoms with Gasteiger partial charge in [0.25, 0.3) is 0 Å². The maximum atomic E-state index is 17.1. The number of pyridine rings is 1. The Kier molecular flexibility index (Phi) is 7.76. The highest BCUT2D eigenvalue weighted by atomic mass is 19.1. The van der Waals surface area contributed by atoms with E-state index in [1.807, 2.05) is 6.07 Å². The van der Waals surface area contributed by atoms with Crippen LogP contribution in [0.25, 0.3) is 65.7 Å². The Morgan fingerprint density at radius 1 is 0.710 bits per heavy atom. The van der Waals surface area contributed by atoms with E-state index in [1.165, 1.54) is 42.6 Å². The van der Waals surface area contributed by atoms with E-state index in [0.717, 1.165) is 37.3 Å². The van der Waals surface area contributed by atoms with Crippen molar-refractivity contribution in [3.63, 3.8) is 0 Å². The molecule has 2 saturated heterocycles. The number of benzene rings is 5. The molecule has 0 amide bonds. The Bertz CT molecular complexity index is 3400. The van der Waals surface area contributed by atoms with Gasteiger partial charge in [0.15, 0.2) is 11.6 Å². The summed E-state index contributed by atoms with van der Waals surface area (Å²) in [6, 6.07) is 13.2. The molecule has 5 aromatic carbocycles. The van der Waals surface area contributed by atoms with Crippen LogP contribution in [0.2, 0.25) is 0 Å². The Morgan fingerprint density at radius 2 is 1.37 bits per heavy atom. The molecule has 3 aromatic heterocycles. The van der Waals surface area contributed by atoms with Crippen LogP contribution >= 0.6 is 0 Å². The van der Waals surface area contributed by atoms with Gasteiger partial charge in [0.1, 0.15) is 39.9 Å². The summed E-state index contributed by atoms with van der Waals surface area (Å²) in [6.45, 7) is 3.16. The molecule has 4 N–H and O–H groups in total. The fourth-order valence-corrected chi connectivity index (χ4v) is 11.1. The number of rotatable bonds is 6. The molecule has 2 aliphatic carbocycles. The third kappa shape index (κ3) is 5.09. The second kappa shape index (κ2) is 13.0. The number of nitrogens with one attached hydrogen (secondary N) is 2. The zero-order valence-electron chi connectivity index (χ0n) is 33.1. The number of aromatic hydroxyl groups is 2. The second-order valence-electron chi connectivity index (χ2n) is 17.2. The minimum atomic E-state index is -0.819. The van der Waals surface area contributed by atoms with Crippen molar-refractivity contribution in [2.45, 2.75) is 18.4 Å². The third-order valence-corrected chi connectivity index (χ3v) is 14.0. The molecule has 0 bridgehead atoms. The lowest BCUT2D eigenvalue weighted by atomic mass is 9.91. The van der Waals surface area contributed by atoms with E-state index in [0.29, 0.717) is 39.2 Å². The third-order valence-electron chi connectivity index (χ3n) is 14.0. The van der Waals surface area contributed by atoms with Gasteiger partial charge in [0.05, 0.1) is 29.1 Å². The number of aryl methyl sites for hydroxylation is 1. The van der Waals surface area contributed by atoms with Crippen LogP contribution in [0.1, 0.15) is 39.9 Å². The summed E-state index contributed by atoms with van der Waals surface area (Å²) in [5.74, 6) is 3.41. The summed E-state index contributed by atoms with van der Waals surface area (Å²) in [6.07, 6.45) is 13.3. The van der Waals surface area contributed by atoms with Crippen LogP contribution in [-0.2, 0) is 13.6 Å². The summed E-state index contributed by atoms with van der Waals surface area (Å²) in [5.41, 5.74) is 1.99. The molecular weight excluding hydrogens is 795 g/mol. The second-order valence-corrected chi connectivity index (χ2v) is 17.2. The molecule has 9 nitrogen and oxygen atoms in total. The molecule has 0 radical (unpaired) electrons. The first-order chi connectivity index (χ1) is 30.1. The predicted molar refractivity (Wildman–Crippen MR) is 227 cm³/mol. The highest BCUT2D eigenvalue weighted by Crippen LogP contribution is 2.58. The van der Waals surface area contributed by atoms with Crippen LogP contribution in [0, 0.1) is 71.6 Å². The molecule has 13 heteroatoms. The van der Waals surface area contributed by atoms with Crippen molar-refractivity contribution < 1.29 is 27.8 Å². The number of hydrogen-bond acceptors (Lipinski definition) is 7. The minimum absolute atomic E-state index is 0.0232. The first-order valence-corrected chi connectivity index (χ1v) is 20.5. The normalized spacial score (nSPS) is 22.4. The van der Waals surface area contributed by atoms with E-state index in [-0.39, 0.29) is 97.1 Å². The molecule has 62 heavy (non-hydrogen) atoms. The van der Waals surface area contributed by atoms with Crippen molar-refractivity contribution in [2.24, 2.45) is 30.7 Å². The van der Waals surface area contributed by atoms with Gasteiger partial charge in [-0.25, -0.2) is 17.6 Å².